The number of hydrogen-bond acceptors (Lipinski definition) is 9. The Morgan fingerprint density at radius 1 is 0.744 bits per heavy atom. The number of carbonyl (C=O) groups is 3. The first-order chi connectivity index (χ1) is 18.7. The van der Waals surface area contributed by atoms with E-state index in [0.717, 1.165) is 37.5 Å². The fourth-order valence-corrected chi connectivity index (χ4v) is 3.39. The van der Waals surface area contributed by atoms with Gasteiger partial charge in [0, 0.05) is 12.1 Å². The first-order valence-electron chi connectivity index (χ1n) is 11.9. The Kier molecular flexibility index (Phi) is 10.2. The molecule has 3 aromatic rings. The number of carboxylic acid groups (broad SMARTS) is 2. The maximum Gasteiger partial charge on any atom is 0.339 e. The second kappa shape index (κ2) is 14.0. The average Bonchev–Trinajstić information content (AvgIpc) is 2.93. The Morgan fingerprint density at radius 3 is 1.90 bits per heavy atom. The summed E-state index contributed by atoms with van der Waals surface area (Å²) < 4.78 is 10.8. The van der Waals surface area contributed by atoms with E-state index in [2.05, 4.69) is 10.2 Å². The Bertz CT molecular complexity index is 1350. The van der Waals surface area contributed by atoms with E-state index in [9.17, 15) is 29.6 Å². The molecule has 0 saturated carbocycles. The zero-order valence-corrected chi connectivity index (χ0v) is 20.7. The van der Waals surface area contributed by atoms with Crippen LogP contribution in [0, 0.1) is 10.1 Å². The minimum atomic E-state index is -1.35. The fourth-order valence-electron chi connectivity index (χ4n) is 3.39. The van der Waals surface area contributed by atoms with Crippen LogP contribution >= 0.6 is 0 Å². The third-order valence-electron chi connectivity index (χ3n) is 5.44. The molecule has 0 aliphatic heterocycles. The van der Waals surface area contributed by atoms with Gasteiger partial charge in [-0.05, 0) is 80.3 Å². The van der Waals surface area contributed by atoms with Crippen LogP contribution in [0.3, 0.4) is 0 Å². The van der Waals surface area contributed by atoms with Crippen molar-refractivity contribution < 1.29 is 39.0 Å². The summed E-state index contributed by atoms with van der Waals surface area (Å²) in [5.41, 5.74) is 0.259. The Hall–Kier alpha value is -5.13. The van der Waals surface area contributed by atoms with Gasteiger partial charge in [-0.15, -0.1) is 0 Å². The number of nitro benzene ring substituents is 1. The second-order valence-electron chi connectivity index (χ2n) is 8.24. The van der Waals surface area contributed by atoms with E-state index in [1.54, 1.807) is 24.3 Å². The van der Waals surface area contributed by atoms with Crippen molar-refractivity contribution in [2.75, 3.05) is 13.2 Å². The van der Waals surface area contributed by atoms with Crippen molar-refractivity contribution in [3.8, 4) is 5.75 Å². The van der Waals surface area contributed by atoms with Gasteiger partial charge in [-0.25, -0.2) is 14.4 Å². The van der Waals surface area contributed by atoms with Gasteiger partial charge in [-0.3, -0.25) is 10.1 Å². The van der Waals surface area contributed by atoms with Crippen molar-refractivity contribution in [3.05, 3.63) is 93.5 Å². The summed E-state index contributed by atoms with van der Waals surface area (Å²) in [5.74, 6) is -2.84. The van der Waals surface area contributed by atoms with Gasteiger partial charge in [-0.1, -0.05) is 0 Å². The van der Waals surface area contributed by atoms with E-state index >= 15 is 0 Å². The summed E-state index contributed by atoms with van der Waals surface area (Å²) >= 11 is 0. The number of ether oxygens (including phenoxy) is 2. The predicted molar refractivity (Wildman–Crippen MR) is 138 cm³/mol. The first-order valence-corrected chi connectivity index (χ1v) is 11.9. The summed E-state index contributed by atoms with van der Waals surface area (Å²) in [6.45, 7) is 0.555. The monoisotopic (exact) mass is 535 g/mol. The van der Waals surface area contributed by atoms with Crippen LogP contribution in [-0.2, 0) is 4.74 Å². The molecule has 3 rings (SSSR count). The smallest absolute Gasteiger partial charge is 0.339 e. The van der Waals surface area contributed by atoms with E-state index in [1.807, 2.05) is 0 Å². The topological polar surface area (TPSA) is 178 Å². The molecule has 0 aromatic heterocycles. The number of non-ortho nitro benzene ring substituents is 1. The van der Waals surface area contributed by atoms with Crippen molar-refractivity contribution in [1.29, 1.82) is 0 Å². The van der Waals surface area contributed by atoms with Crippen LogP contribution in [0.15, 0.2) is 77.0 Å². The molecular weight excluding hydrogens is 510 g/mol. The Balaban J connectivity index is 1.33. The van der Waals surface area contributed by atoms with E-state index in [0.29, 0.717) is 30.2 Å². The molecule has 12 heteroatoms. The van der Waals surface area contributed by atoms with Crippen LogP contribution in [0.25, 0.3) is 0 Å². The molecule has 0 saturated heterocycles. The molecule has 0 fully saturated rings. The van der Waals surface area contributed by atoms with E-state index in [-0.39, 0.29) is 29.0 Å². The molecule has 0 spiro atoms. The van der Waals surface area contributed by atoms with E-state index in [1.165, 1.54) is 24.3 Å². The minimum absolute atomic E-state index is 0.0179. The Morgan fingerprint density at radius 2 is 1.33 bits per heavy atom. The quantitative estimate of drug-likeness (QED) is 0.0798. The number of benzene rings is 3. The summed E-state index contributed by atoms with van der Waals surface area (Å²) in [6, 6.07) is 15.9. The van der Waals surface area contributed by atoms with Gasteiger partial charge in [0.1, 0.15) is 5.75 Å². The second-order valence-corrected chi connectivity index (χ2v) is 8.24. The lowest BCUT2D eigenvalue weighted by molar-refractivity contribution is -0.384. The highest BCUT2D eigenvalue weighted by atomic mass is 16.6. The molecule has 2 N–H and O–H groups in total. The Labute approximate surface area is 222 Å². The third-order valence-corrected chi connectivity index (χ3v) is 5.44. The van der Waals surface area contributed by atoms with Gasteiger partial charge in [0.2, 0.25) is 0 Å². The minimum Gasteiger partial charge on any atom is -0.494 e. The maximum absolute atomic E-state index is 12.3. The fraction of sp³-hybridized carbons (Fsp3) is 0.222. The molecule has 0 amide bonds. The molecule has 0 radical (unpaired) electrons. The number of unbranched alkanes of at least 4 members (excludes halogenated alkanes) is 3. The van der Waals surface area contributed by atoms with Crippen LogP contribution in [0.4, 0.5) is 17.1 Å². The van der Waals surface area contributed by atoms with Crippen LogP contribution in [0.5, 0.6) is 5.75 Å². The van der Waals surface area contributed by atoms with Gasteiger partial charge in [0.25, 0.3) is 5.69 Å². The average molecular weight is 536 g/mol. The highest BCUT2D eigenvalue weighted by molar-refractivity contribution is 6.04. The normalized spacial score (nSPS) is 10.8. The largest absolute Gasteiger partial charge is 0.494 e. The van der Waals surface area contributed by atoms with Crippen molar-refractivity contribution >= 4 is 35.0 Å². The lowest BCUT2D eigenvalue weighted by Crippen LogP contribution is -2.14. The van der Waals surface area contributed by atoms with Crippen LogP contribution in [0.1, 0.15) is 56.8 Å². The standard InChI is InChI=1S/C27H25N3O9/c31-25(32)18-5-14-23(26(33)34)24(17-18)27(35)39-16-4-2-1-3-15-38-22-12-8-20(9-13-22)29-28-19-6-10-21(11-7-19)30(36)37/h5-14,17H,1-4,15-16H2,(H,31,32)(H,33,34). The molecule has 0 aliphatic rings. The number of hydrogen-bond donors (Lipinski definition) is 2. The molecule has 39 heavy (non-hydrogen) atoms. The van der Waals surface area contributed by atoms with E-state index < -0.39 is 22.8 Å². The molecule has 0 atom stereocenters. The molecule has 12 nitrogen and oxygen atoms in total. The number of azo groups is 1. The molecule has 0 heterocycles. The molecule has 0 aliphatic carbocycles. The molecule has 202 valence electrons. The van der Waals surface area contributed by atoms with Crippen LogP contribution < -0.4 is 4.74 Å². The van der Waals surface area contributed by atoms with Crippen molar-refractivity contribution in [2.45, 2.75) is 25.7 Å². The maximum atomic E-state index is 12.3. The SMILES string of the molecule is O=C(O)c1ccc(C(=O)O)c(C(=O)OCCCCCCOc2ccc(N=Nc3ccc([N+](=O)[O-])cc3)cc2)c1. The number of carbonyl (C=O) groups excluding carboxylic acids is 1. The molecule has 0 bridgehead atoms. The first kappa shape index (κ1) is 28.4. The number of nitro groups is 1. The van der Waals surface area contributed by atoms with Gasteiger partial charge in [0.15, 0.2) is 0 Å². The zero-order valence-electron chi connectivity index (χ0n) is 20.7. The summed E-state index contributed by atoms with van der Waals surface area (Å²) in [6.07, 6.45) is 2.88. The van der Waals surface area contributed by atoms with E-state index in [4.69, 9.17) is 14.6 Å². The van der Waals surface area contributed by atoms with Gasteiger partial charge in [0.05, 0.1) is 46.2 Å². The lowest BCUT2D eigenvalue weighted by atomic mass is 10.0. The van der Waals surface area contributed by atoms with Crippen molar-refractivity contribution in [2.24, 2.45) is 10.2 Å². The zero-order chi connectivity index (χ0) is 28.2. The highest BCUT2D eigenvalue weighted by Gasteiger charge is 2.20. The number of aromatic carboxylic acids is 2. The number of carboxylic acids is 2. The van der Waals surface area contributed by atoms with Crippen LogP contribution in [0.2, 0.25) is 0 Å². The molecular formula is C27H25N3O9. The predicted octanol–water partition coefficient (Wildman–Crippen LogP) is 6.20. The molecule has 3 aromatic carbocycles. The van der Waals surface area contributed by atoms with Crippen molar-refractivity contribution in [3.63, 3.8) is 0 Å². The highest BCUT2D eigenvalue weighted by Crippen LogP contribution is 2.23. The third kappa shape index (κ3) is 8.74. The summed E-state index contributed by atoms with van der Waals surface area (Å²) in [5, 5.41) is 37.1. The lowest BCUT2D eigenvalue weighted by Gasteiger charge is -2.09. The molecule has 0 unspecified atom stereocenters. The van der Waals surface area contributed by atoms with Gasteiger partial charge >= 0.3 is 17.9 Å². The van der Waals surface area contributed by atoms with Crippen molar-refractivity contribution in [1.82, 2.24) is 0 Å². The number of nitrogens with zero attached hydrogens (tertiary/aromatic N) is 3. The summed E-state index contributed by atoms with van der Waals surface area (Å²) in [4.78, 5) is 44.9. The van der Waals surface area contributed by atoms with Gasteiger partial charge in [-0.2, -0.15) is 10.2 Å². The summed E-state index contributed by atoms with van der Waals surface area (Å²) in [7, 11) is 0. The number of esters is 1. The van der Waals surface area contributed by atoms with Gasteiger partial charge < -0.3 is 19.7 Å². The van der Waals surface area contributed by atoms with Crippen LogP contribution in [-0.4, -0.2) is 46.3 Å². The number of rotatable bonds is 14.